The molecule has 1 atom stereocenters. The number of carbonyl (C=O) groups is 1. The highest BCUT2D eigenvalue weighted by Crippen LogP contribution is 2.49. The van der Waals surface area contributed by atoms with Gasteiger partial charge in [-0.15, -0.1) is 10.2 Å². The van der Waals surface area contributed by atoms with E-state index in [2.05, 4.69) is 52.3 Å². The van der Waals surface area contributed by atoms with Crippen molar-refractivity contribution in [3.05, 3.63) is 12.2 Å². The molecular formula is C24H41N5O2. The van der Waals surface area contributed by atoms with Gasteiger partial charge in [-0.3, -0.25) is 4.79 Å². The van der Waals surface area contributed by atoms with E-state index in [-0.39, 0.29) is 11.3 Å². The van der Waals surface area contributed by atoms with E-state index in [1.165, 1.54) is 0 Å². The van der Waals surface area contributed by atoms with Crippen LogP contribution in [0.2, 0.25) is 0 Å². The van der Waals surface area contributed by atoms with Gasteiger partial charge < -0.3 is 19.1 Å². The van der Waals surface area contributed by atoms with Crippen molar-refractivity contribution in [1.29, 1.82) is 0 Å². The molecular weight excluding hydrogens is 390 g/mol. The summed E-state index contributed by atoms with van der Waals surface area (Å²) in [6.45, 7) is 15.3. The molecule has 0 radical (unpaired) electrons. The molecule has 4 rings (SSSR count). The Kier molecular flexibility index (Phi) is 7.01. The third-order valence-corrected chi connectivity index (χ3v) is 7.85. The maximum absolute atomic E-state index is 13.4. The minimum atomic E-state index is 0.0800. The molecule has 31 heavy (non-hydrogen) atoms. The molecule has 3 aliphatic heterocycles. The Morgan fingerprint density at radius 2 is 1.90 bits per heavy atom. The first-order chi connectivity index (χ1) is 14.9. The first-order valence-electron chi connectivity index (χ1n) is 12.4. The molecule has 0 bridgehead atoms. The first-order valence-corrected chi connectivity index (χ1v) is 12.4. The van der Waals surface area contributed by atoms with E-state index in [4.69, 9.17) is 4.74 Å². The van der Waals surface area contributed by atoms with E-state index in [9.17, 15) is 4.79 Å². The zero-order valence-electron chi connectivity index (χ0n) is 19.9. The fraction of sp³-hybridized carbons (Fsp3) is 0.875. The van der Waals surface area contributed by atoms with Gasteiger partial charge in [-0.2, -0.15) is 0 Å². The molecule has 4 heterocycles. The number of nitrogens with zero attached hydrogens (tertiary/aromatic N) is 5. The molecule has 0 N–H and O–H groups in total. The fourth-order valence-electron chi connectivity index (χ4n) is 5.92. The van der Waals surface area contributed by atoms with Gasteiger partial charge in [-0.05, 0) is 64.5 Å². The molecule has 3 saturated heterocycles. The van der Waals surface area contributed by atoms with Gasteiger partial charge in [0.25, 0.3) is 0 Å². The normalized spacial score (nSPS) is 25.2. The zero-order chi connectivity index (χ0) is 22.0. The van der Waals surface area contributed by atoms with Crippen LogP contribution >= 0.6 is 0 Å². The van der Waals surface area contributed by atoms with E-state index >= 15 is 0 Å². The first kappa shape index (κ1) is 22.7. The van der Waals surface area contributed by atoms with Crippen molar-refractivity contribution in [3.8, 4) is 0 Å². The number of ether oxygens (including phenoxy) is 1. The Balaban J connectivity index is 1.45. The van der Waals surface area contributed by atoms with E-state index in [0.29, 0.717) is 30.2 Å². The second-order valence-electron chi connectivity index (χ2n) is 10.8. The van der Waals surface area contributed by atoms with Crippen LogP contribution in [0.5, 0.6) is 0 Å². The molecule has 7 nitrogen and oxygen atoms in total. The van der Waals surface area contributed by atoms with Crippen LogP contribution in [0.4, 0.5) is 0 Å². The van der Waals surface area contributed by atoms with Crippen molar-refractivity contribution in [2.24, 2.45) is 17.3 Å². The Morgan fingerprint density at radius 1 is 1.19 bits per heavy atom. The topological polar surface area (TPSA) is 63.5 Å². The lowest BCUT2D eigenvalue weighted by Gasteiger charge is -2.37. The van der Waals surface area contributed by atoms with Crippen molar-refractivity contribution >= 4 is 5.91 Å². The molecule has 0 saturated carbocycles. The number of rotatable bonds is 6. The van der Waals surface area contributed by atoms with E-state index in [0.717, 1.165) is 77.4 Å². The van der Waals surface area contributed by atoms with Crippen molar-refractivity contribution in [3.63, 3.8) is 0 Å². The van der Waals surface area contributed by atoms with Gasteiger partial charge in [0.2, 0.25) is 5.91 Å². The molecule has 0 aliphatic carbocycles. The predicted molar refractivity (Wildman–Crippen MR) is 121 cm³/mol. The summed E-state index contributed by atoms with van der Waals surface area (Å²) in [5.41, 5.74) is 0.0800. The zero-order valence-corrected chi connectivity index (χ0v) is 19.9. The number of piperidine rings is 1. The van der Waals surface area contributed by atoms with Gasteiger partial charge in [0.15, 0.2) is 0 Å². The number of hydrogen-bond acceptors (Lipinski definition) is 5. The monoisotopic (exact) mass is 431 g/mol. The fourth-order valence-corrected chi connectivity index (χ4v) is 5.92. The highest BCUT2D eigenvalue weighted by Gasteiger charge is 2.51. The van der Waals surface area contributed by atoms with Crippen molar-refractivity contribution in [1.82, 2.24) is 24.6 Å². The highest BCUT2D eigenvalue weighted by atomic mass is 16.5. The molecule has 3 aliphatic rings. The van der Waals surface area contributed by atoms with Crippen LogP contribution in [0.3, 0.4) is 0 Å². The molecule has 1 spiro atoms. The van der Waals surface area contributed by atoms with Gasteiger partial charge in [0.1, 0.15) is 12.2 Å². The number of carbonyl (C=O) groups excluding carboxylic acids is 1. The molecule has 1 amide bonds. The second kappa shape index (κ2) is 9.57. The molecule has 174 valence electrons. The Morgan fingerprint density at radius 3 is 2.55 bits per heavy atom. The van der Waals surface area contributed by atoms with Crippen molar-refractivity contribution in [2.75, 3.05) is 39.4 Å². The van der Waals surface area contributed by atoms with Crippen LogP contribution in [-0.2, 0) is 16.1 Å². The summed E-state index contributed by atoms with van der Waals surface area (Å²) in [4.78, 5) is 18.1. The predicted octanol–water partition coefficient (Wildman–Crippen LogP) is 3.17. The summed E-state index contributed by atoms with van der Waals surface area (Å²) in [5, 5.41) is 8.82. The number of amides is 1. The third kappa shape index (κ3) is 4.98. The van der Waals surface area contributed by atoms with Gasteiger partial charge >= 0.3 is 0 Å². The molecule has 1 aromatic heterocycles. The van der Waals surface area contributed by atoms with Gasteiger partial charge in [-0.1, -0.05) is 13.8 Å². The summed E-state index contributed by atoms with van der Waals surface area (Å²) < 4.78 is 7.94. The van der Waals surface area contributed by atoms with Crippen LogP contribution in [0, 0.1) is 17.3 Å². The molecule has 1 aromatic rings. The number of aromatic nitrogens is 3. The average molecular weight is 432 g/mol. The lowest BCUT2D eigenvalue weighted by molar-refractivity contribution is -0.132. The lowest BCUT2D eigenvalue weighted by atomic mass is 9.71. The Labute approximate surface area is 187 Å². The van der Waals surface area contributed by atoms with E-state index in [1.54, 1.807) is 0 Å². The SMILES string of the molecule is CC(C)Cn1cnnc1C1CN(C(=O)CC2CCN(C(C)C)CC2)CC12CCOCC2. The molecule has 1 unspecified atom stereocenters. The minimum Gasteiger partial charge on any atom is -0.381 e. The highest BCUT2D eigenvalue weighted by molar-refractivity contribution is 5.77. The number of likely N-dealkylation sites (tertiary alicyclic amines) is 2. The lowest BCUT2D eigenvalue weighted by Crippen LogP contribution is -2.40. The van der Waals surface area contributed by atoms with Gasteiger partial charge in [0, 0.05) is 56.6 Å². The molecule has 7 heteroatoms. The smallest absolute Gasteiger partial charge is 0.222 e. The van der Waals surface area contributed by atoms with Crippen LogP contribution < -0.4 is 0 Å². The van der Waals surface area contributed by atoms with Crippen LogP contribution in [0.1, 0.15) is 71.5 Å². The largest absolute Gasteiger partial charge is 0.381 e. The minimum absolute atomic E-state index is 0.0800. The Bertz CT molecular complexity index is 732. The summed E-state index contributed by atoms with van der Waals surface area (Å²) in [7, 11) is 0. The van der Waals surface area contributed by atoms with Gasteiger partial charge in [-0.25, -0.2) is 0 Å². The maximum Gasteiger partial charge on any atom is 0.222 e. The van der Waals surface area contributed by atoms with Crippen molar-refractivity contribution < 1.29 is 9.53 Å². The van der Waals surface area contributed by atoms with E-state index < -0.39 is 0 Å². The second-order valence-corrected chi connectivity index (χ2v) is 10.8. The van der Waals surface area contributed by atoms with Crippen molar-refractivity contribution in [2.45, 2.75) is 78.3 Å². The third-order valence-electron chi connectivity index (χ3n) is 7.85. The van der Waals surface area contributed by atoms with Crippen LogP contribution in [0.15, 0.2) is 6.33 Å². The molecule has 3 fully saturated rings. The number of hydrogen-bond donors (Lipinski definition) is 0. The van der Waals surface area contributed by atoms with Crippen LogP contribution in [0.25, 0.3) is 0 Å². The standard InChI is InChI=1S/C24H41N5O2/c1-18(2)14-29-17-25-26-23(29)21-15-28(16-24(21)7-11-31-12-8-24)22(30)13-20-5-9-27(10-6-20)19(3)4/h17-21H,5-16H2,1-4H3. The average Bonchev–Trinajstić information content (AvgIpc) is 3.33. The van der Waals surface area contributed by atoms with Gasteiger partial charge in [0.05, 0.1) is 0 Å². The Hall–Kier alpha value is -1.47. The summed E-state index contributed by atoms with van der Waals surface area (Å²) in [5.74, 6) is 2.72. The summed E-state index contributed by atoms with van der Waals surface area (Å²) >= 11 is 0. The van der Waals surface area contributed by atoms with E-state index in [1.807, 2.05) is 6.33 Å². The quantitative estimate of drug-likeness (QED) is 0.692. The summed E-state index contributed by atoms with van der Waals surface area (Å²) in [6, 6.07) is 0.604. The molecule has 0 aromatic carbocycles. The summed E-state index contributed by atoms with van der Waals surface area (Å²) in [6.07, 6.45) is 6.86. The van der Waals surface area contributed by atoms with Crippen LogP contribution in [-0.4, -0.2) is 75.9 Å². The maximum atomic E-state index is 13.4.